The highest BCUT2D eigenvalue weighted by atomic mass is 31.2. The van der Waals surface area contributed by atoms with Crippen molar-refractivity contribution < 1.29 is 80.2 Å². The summed E-state index contributed by atoms with van der Waals surface area (Å²) in [6, 6.07) is 0. The molecule has 94 heavy (non-hydrogen) atoms. The Labute approximate surface area is 573 Å². The summed E-state index contributed by atoms with van der Waals surface area (Å²) in [6.07, 6.45) is 61.7. The first-order valence-electron chi connectivity index (χ1n) is 38.6. The zero-order chi connectivity index (χ0) is 69.0. The number of phosphoric acid groups is 2. The zero-order valence-electron chi connectivity index (χ0n) is 60.4. The summed E-state index contributed by atoms with van der Waals surface area (Å²) in [6.45, 7) is 4.90. The summed E-state index contributed by atoms with van der Waals surface area (Å²) < 4.78 is 68.4. The van der Waals surface area contributed by atoms with Crippen molar-refractivity contribution in [3.05, 3.63) is 24.3 Å². The maximum Gasteiger partial charge on any atom is 0.472 e. The van der Waals surface area contributed by atoms with Gasteiger partial charge in [-0.05, 0) is 51.4 Å². The quantitative estimate of drug-likeness (QED) is 0.0169. The molecule has 0 aliphatic rings. The molecule has 0 radical (unpaired) electrons. The SMILES string of the molecule is CCCCCC/C=C\C=C/CCCCCCCC(=O)OC[C@H](COP(=O)(O)OC[C@@H](O)COP(=O)(O)OC[C@@H](COC(=O)CCCCCCCCCCC)OC(=O)CCCCCCCCCCCCCCC)OC(=O)CCCCCCCCCCCCCCCCCCC. The minimum absolute atomic E-state index is 0.102. The van der Waals surface area contributed by atoms with Gasteiger partial charge in [0.05, 0.1) is 26.4 Å². The molecule has 0 aromatic rings. The predicted octanol–water partition coefficient (Wildman–Crippen LogP) is 21.8. The molecular formula is C75H142O17P2. The van der Waals surface area contributed by atoms with Crippen LogP contribution in [0.5, 0.6) is 0 Å². The molecular weight excluding hydrogens is 1230 g/mol. The third kappa shape index (κ3) is 68.1. The Bertz CT molecular complexity index is 1880. The average Bonchev–Trinajstić information content (AvgIpc) is 2.78. The Morgan fingerprint density at radius 1 is 0.298 bits per heavy atom. The first-order valence-corrected chi connectivity index (χ1v) is 41.6. The van der Waals surface area contributed by atoms with Gasteiger partial charge in [0.1, 0.15) is 19.3 Å². The van der Waals surface area contributed by atoms with Gasteiger partial charge in [-0.2, -0.15) is 0 Å². The molecule has 19 heteroatoms. The Hall–Kier alpha value is -2.46. The van der Waals surface area contributed by atoms with Gasteiger partial charge in [-0.15, -0.1) is 0 Å². The summed E-state index contributed by atoms with van der Waals surface area (Å²) in [5, 5.41) is 10.6. The molecule has 0 aromatic carbocycles. The lowest BCUT2D eigenvalue weighted by Crippen LogP contribution is -2.30. The molecule has 0 saturated heterocycles. The van der Waals surface area contributed by atoms with Crippen LogP contribution >= 0.6 is 15.6 Å². The van der Waals surface area contributed by atoms with E-state index in [4.69, 9.17) is 37.0 Å². The summed E-state index contributed by atoms with van der Waals surface area (Å²) in [5.41, 5.74) is 0. The minimum Gasteiger partial charge on any atom is -0.462 e. The molecule has 554 valence electrons. The van der Waals surface area contributed by atoms with Gasteiger partial charge in [-0.1, -0.05) is 322 Å². The van der Waals surface area contributed by atoms with Gasteiger partial charge in [-0.3, -0.25) is 37.3 Å². The molecule has 2 unspecified atom stereocenters. The van der Waals surface area contributed by atoms with Gasteiger partial charge < -0.3 is 33.8 Å². The van der Waals surface area contributed by atoms with Crippen molar-refractivity contribution in [1.29, 1.82) is 0 Å². The number of aliphatic hydroxyl groups is 1. The number of allylic oxidation sites excluding steroid dienone is 4. The first-order chi connectivity index (χ1) is 45.7. The number of unbranched alkanes of at least 4 members (excludes halogenated alkanes) is 45. The molecule has 0 fully saturated rings. The lowest BCUT2D eigenvalue weighted by molar-refractivity contribution is -0.161. The van der Waals surface area contributed by atoms with Crippen LogP contribution in [0.2, 0.25) is 0 Å². The van der Waals surface area contributed by atoms with E-state index >= 15 is 0 Å². The fourth-order valence-corrected chi connectivity index (χ4v) is 12.6. The van der Waals surface area contributed by atoms with Crippen molar-refractivity contribution in [3.8, 4) is 0 Å². The number of ether oxygens (including phenoxy) is 4. The standard InChI is InChI=1S/C75H142O17P2/c1-5-9-13-17-21-25-28-31-33-34-36-39-42-46-50-54-58-62-75(80)92-71(66-86-73(78)60-56-52-48-44-40-38-35-32-29-26-22-18-14-10-6-2)68-90-94(83,84)88-64-69(76)63-87-93(81,82)89-67-70(65-85-72(77)59-55-51-47-43-24-20-16-12-8-4)91-74(79)61-57-53-49-45-41-37-30-27-23-19-15-11-7-3/h26,29,32,35,69-71,76H,5-25,27-28,30-31,33-34,36-68H2,1-4H3,(H,81,82)(H,83,84)/b29-26-,35-32-/t69-,70+,71+/m0/s1. The summed E-state index contributed by atoms with van der Waals surface area (Å²) >= 11 is 0. The Balaban J connectivity index is 5.26. The second kappa shape index (κ2) is 69.0. The van der Waals surface area contributed by atoms with E-state index in [2.05, 4.69) is 52.0 Å². The van der Waals surface area contributed by atoms with E-state index in [1.54, 1.807) is 0 Å². The fraction of sp³-hybridized carbons (Fsp3) is 0.893. The molecule has 0 saturated carbocycles. The molecule has 0 aliphatic heterocycles. The second-order valence-corrected chi connectivity index (χ2v) is 29.3. The summed E-state index contributed by atoms with van der Waals surface area (Å²) in [4.78, 5) is 72.7. The first kappa shape index (κ1) is 91.5. The second-order valence-electron chi connectivity index (χ2n) is 26.4. The zero-order valence-corrected chi connectivity index (χ0v) is 62.2. The van der Waals surface area contributed by atoms with Crippen molar-refractivity contribution in [3.63, 3.8) is 0 Å². The van der Waals surface area contributed by atoms with Gasteiger partial charge in [0.2, 0.25) is 0 Å². The normalized spacial score (nSPS) is 14.1. The lowest BCUT2D eigenvalue weighted by Gasteiger charge is -2.21. The van der Waals surface area contributed by atoms with Crippen LogP contribution in [-0.4, -0.2) is 96.7 Å². The van der Waals surface area contributed by atoms with Crippen molar-refractivity contribution in [1.82, 2.24) is 0 Å². The monoisotopic (exact) mass is 1380 g/mol. The number of aliphatic hydroxyl groups excluding tert-OH is 1. The van der Waals surface area contributed by atoms with Gasteiger partial charge in [-0.25, -0.2) is 9.13 Å². The molecule has 3 N–H and O–H groups in total. The number of hydrogen-bond donors (Lipinski definition) is 3. The highest BCUT2D eigenvalue weighted by Gasteiger charge is 2.30. The van der Waals surface area contributed by atoms with Gasteiger partial charge in [0.25, 0.3) is 0 Å². The van der Waals surface area contributed by atoms with Gasteiger partial charge in [0.15, 0.2) is 12.2 Å². The topological polar surface area (TPSA) is 237 Å². The number of carbonyl (C=O) groups excluding carboxylic acids is 4. The molecule has 17 nitrogen and oxygen atoms in total. The predicted molar refractivity (Wildman–Crippen MR) is 381 cm³/mol. The van der Waals surface area contributed by atoms with Crippen molar-refractivity contribution in [2.24, 2.45) is 0 Å². The van der Waals surface area contributed by atoms with E-state index in [9.17, 15) is 43.2 Å². The van der Waals surface area contributed by atoms with Crippen LogP contribution in [0.4, 0.5) is 0 Å². The molecule has 0 bridgehead atoms. The van der Waals surface area contributed by atoms with Gasteiger partial charge >= 0.3 is 39.5 Å². The van der Waals surface area contributed by atoms with E-state index in [1.807, 2.05) is 0 Å². The van der Waals surface area contributed by atoms with Crippen LogP contribution < -0.4 is 0 Å². The van der Waals surface area contributed by atoms with Crippen molar-refractivity contribution in [2.45, 2.75) is 393 Å². The van der Waals surface area contributed by atoms with E-state index in [0.29, 0.717) is 25.7 Å². The Kier molecular flexibility index (Phi) is 67.2. The van der Waals surface area contributed by atoms with E-state index < -0.39 is 97.5 Å². The van der Waals surface area contributed by atoms with Crippen LogP contribution in [0.15, 0.2) is 24.3 Å². The van der Waals surface area contributed by atoms with E-state index in [-0.39, 0.29) is 25.7 Å². The molecule has 5 atom stereocenters. The number of hydrogen-bond acceptors (Lipinski definition) is 15. The van der Waals surface area contributed by atoms with E-state index in [1.165, 1.54) is 186 Å². The molecule has 0 aliphatic carbocycles. The van der Waals surface area contributed by atoms with Crippen LogP contribution in [0.3, 0.4) is 0 Å². The minimum atomic E-state index is -4.96. The molecule has 0 amide bonds. The van der Waals surface area contributed by atoms with Crippen LogP contribution in [0, 0.1) is 0 Å². The highest BCUT2D eigenvalue weighted by Crippen LogP contribution is 2.45. The highest BCUT2D eigenvalue weighted by molar-refractivity contribution is 7.47. The van der Waals surface area contributed by atoms with Gasteiger partial charge in [0, 0.05) is 25.7 Å². The lowest BCUT2D eigenvalue weighted by atomic mass is 10.0. The molecule has 0 heterocycles. The fourth-order valence-electron chi connectivity index (χ4n) is 11.0. The third-order valence-corrected chi connectivity index (χ3v) is 18.9. The Morgan fingerprint density at radius 2 is 0.511 bits per heavy atom. The maximum absolute atomic E-state index is 13.1. The molecule has 0 spiro atoms. The van der Waals surface area contributed by atoms with Crippen LogP contribution in [0.25, 0.3) is 0 Å². The van der Waals surface area contributed by atoms with Crippen LogP contribution in [0.1, 0.15) is 374 Å². The summed E-state index contributed by atoms with van der Waals surface area (Å²) in [7, 11) is -9.92. The number of phosphoric ester groups is 2. The summed E-state index contributed by atoms with van der Waals surface area (Å²) in [5.74, 6) is -2.14. The molecule has 0 aromatic heterocycles. The Morgan fingerprint density at radius 3 is 0.777 bits per heavy atom. The van der Waals surface area contributed by atoms with Crippen LogP contribution in [-0.2, 0) is 65.4 Å². The average molecular weight is 1380 g/mol. The van der Waals surface area contributed by atoms with E-state index in [0.717, 1.165) is 109 Å². The number of rotatable bonds is 74. The number of esters is 4. The maximum atomic E-state index is 13.1. The third-order valence-electron chi connectivity index (χ3n) is 17.0. The van der Waals surface area contributed by atoms with Crippen molar-refractivity contribution in [2.75, 3.05) is 39.6 Å². The van der Waals surface area contributed by atoms with Crippen molar-refractivity contribution >= 4 is 39.5 Å². The molecule has 0 rings (SSSR count). The largest absolute Gasteiger partial charge is 0.472 e. The smallest absolute Gasteiger partial charge is 0.462 e. The number of carbonyl (C=O) groups is 4.